The summed E-state index contributed by atoms with van der Waals surface area (Å²) in [5.41, 5.74) is 0.798. The van der Waals surface area contributed by atoms with Crippen molar-refractivity contribution in [1.82, 2.24) is 4.98 Å². The highest BCUT2D eigenvalue weighted by Gasteiger charge is 2.05. The number of aromatic nitrogens is 1. The third-order valence-electron chi connectivity index (χ3n) is 1.16. The Labute approximate surface area is 74.2 Å². The van der Waals surface area contributed by atoms with Crippen molar-refractivity contribution in [3.8, 4) is 0 Å². The summed E-state index contributed by atoms with van der Waals surface area (Å²) >= 11 is 9.87. The van der Waals surface area contributed by atoms with Crippen LogP contribution < -0.4 is 0 Å². The minimum Gasteiger partial charge on any atom is -0.276 e. The maximum atomic E-state index is 10.7. The predicted octanol–water partition coefficient (Wildman–Crippen LogP) is 1.81. The number of carbonyl (C=O) groups is 1. The molecule has 0 saturated heterocycles. The van der Waals surface area contributed by atoms with Gasteiger partial charge in [-0.3, -0.25) is 9.78 Å². The number of hydrogen-bond acceptors (Lipinski definition) is 3. The van der Waals surface area contributed by atoms with Gasteiger partial charge in [0.05, 0.1) is 11.3 Å². The summed E-state index contributed by atoms with van der Waals surface area (Å²) < 4.78 is 0. The Hall–Kier alpha value is -0.800. The van der Waals surface area contributed by atoms with Gasteiger partial charge < -0.3 is 0 Å². The molecule has 1 heterocycles. The van der Waals surface area contributed by atoms with Crippen molar-refractivity contribution < 1.29 is 4.79 Å². The fraction of sp³-hybridized carbons (Fsp3) is 0. The fourth-order valence-electron chi connectivity index (χ4n) is 0.678. The van der Waals surface area contributed by atoms with Crippen LogP contribution in [0.4, 0.5) is 0 Å². The molecule has 0 amide bonds. The van der Waals surface area contributed by atoms with Crippen LogP contribution in [0.1, 0.15) is 16.1 Å². The van der Waals surface area contributed by atoms with Gasteiger partial charge in [-0.15, -0.1) is 0 Å². The van der Waals surface area contributed by atoms with Crippen molar-refractivity contribution in [2.75, 3.05) is 0 Å². The molecule has 0 fully saturated rings. The second-order valence-electron chi connectivity index (χ2n) is 1.83. The van der Waals surface area contributed by atoms with Crippen molar-refractivity contribution in [3.63, 3.8) is 0 Å². The molecule has 0 bridgehead atoms. The highest BCUT2D eigenvalue weighted by molar-refractivity contribution is 7.79. The summed E-state index contributed by atoms with van der Waals surface area (Å²) in [5, 5.41) is 0.796. The molecular weight excluding hydrogens is 182 g/mol. The lowest BCUT2D eigenvalue weighted by Crippen LogP contribution is -1.97. The minimum absolute atomic E-state index is 0.351. The van der Waals surface area contributed by atoms with E-state index in [1.165, 1.54) is 5.37 Å². The summed E-state index contributed by atoms with van der Waals surface area (Å²) in [6.07, 6.45) is 1.56. The first-order chi connectivity index (χ1) is 5.25. The van der Waals surface area contributed by atoms with E-state index < -0.39 is 5.24 Å². The van der Waals surface area contributed by atoms with Gasteiger partial charge in [-0.1, -0.05) is 12.2 Å². The van der Waals surface area contributed by atoms with Crippen molar-refractivity contribution in [1.29, 1.82) is 0 Å². The first-order valence-corrected chi connectivity index (χ1v) is 3.70. The fourth-order valence-corrected chi connectivity index (χ4v) is 1.03. The Balaban J connectivity index is 3.22. The molecule has 0 spiro atoms. The molecule has 0 saturated carbocycles. The molecule has 0 aliphatic carbocycles. The molecule has 0 N–H and O–H groups in total. The zero-order valence-corrected chi connectivity index (χ0v) is 7.02. The topological polar surface area (TPSA) is 30.0 Å². The molecule has 1 rings (SSSR count). The van der Waals surface area contributed by atoms with Crippen LogP contribution in [0.25, 0.3) is 0 Å². The van der Waals surface area contributed by atoms with Crippen LogP contribution in [-0.4, -0.2) is 15.6 Å². The normalized spacial score (nSPS) is 9.18. The molecule has 2 nitrogen and oxygen atoms in total. The van der Waals surface area contributed by atoms with Crippen molar-refractivity contribution >= 4 is 34.4 Å². The highest BCUT2D eigenvalue weighted by Crippen LogP contribution is 2.06. The monoisotopic (exact) mass is 185 g/mol. The lowest BCUT2D eigenvalue weighted by atomic mass is 10.2. The van der Waals surface area contributed by atoms with Crippen LogP contribution >= 0.6 is 23.8 Å². The van der Waals surface area contributed by atoms with E-state index in [4.69, 9.17) is 11.6 Å². The maximum absolute atomic E-state index is 10.7. The zero-order valence-electron chi connectivity index (χ0n) is 5.45. The van der Waals surface area contributed by atoms with Gasteiger partial charge in [0, 0.05) is 11.6 Å². The summed E-state index contributed by atoms with van der Waals surface area (Å²) in [6, 6.07) is 3.22. The first kappa shape index (κ1) is 8.30. The second-order valence-corrected chi connectivity index (χ2v) is 2.41. The lowest BCUT2D eigenvalue weighted by molar-refractivity contribution is 0.108. The number of pyridine rings is 1. The van der Waals surface area contributed by atoms with E-state index >= 15 is 0 Å². The van der Waals surface area contributed by atoms with Crippen LogP contribution in [-0.2, 0) is 0 Å². The van der Waals surface area contributed by atoms with Crippen molar-refractivity contribution in [3.05, 3.63) is 29.6 Å². The Kier molecular flexibility index (Phi) is 2.68. The SMILES string of the molecule is O=C(Cl)c1cccnc1C=S. The zero-order chi connectivity index (χ0) is 8.27. The number of rotatable bonds is 2. The van der Waals surface area contributed by atoms with Crippen molar-refractivity contribution in [2.24, 2.45) is 0 Å². The number of nitrogens with zero attached hydrogens (tertiary/aromatic N) is 1. The van der Waals surface area contributed by atoms with Crippen LogP contribution in [0, 0.1) is 0 Å². The van der Waals surface area contributed by atoms with Gasteiger partial charge in [0.2, 0.25) is 0 Å². The molecule has 0 aliphatic heterocycles. The largest absolute Gasteiger partial charge is 0.276 e. The Morgan fingerprint density at radius 1 is 1.73 bits per heavy atom. The molecule has 0 aromatic carbocycles. The number of thiocarbonyl (C=S) groups is 1. The minimum atomic E-state index is -0.533. The summed E-state index contributed by atoms with van der Waals surface area (Å²) in [5.74, 6) is 0. The van der Waals surface area contributed by atoms with E-state index in [0.29, 0.717) is 11.3 Å². The Morgan fingerprint density at radius 3 is 2.91 bits per heavy atom. The number of hydrogen-bond donors (Lipinski definition) is 0. The Bertz CT molecular complexity index is 300. The maximum Gasteiger partial charge on any atom is 0.254 e. The average Bonchev–Trinajstić information content (AvgIpc) is 2.04. The molecular formula is C7H4ClNOS. The van der Waals surface area contributed by atoms with Gasteiger partial charge in [0.15, 0.2) is 0 Å². The van der Waals surface area contributed by atoms with Gasteiger partial charge in [0.25, 0.3) is 5.24 Å². The molecule has 0 unspecified atom stereocenters. The molecule has 56 valence electrons. The van der Waals surface area contributed by atoms with Crippen LogP contribution in [0.2, 0.25) is 0 Å². The van der Waals surface area contributed by atoms with Gasteiger partial charge >= 0.3 is 0 Å². The van der Waals surface area contributed by atoms with E-state index in [1.807, 2.05) is 0 Å². The van der Waals surface area contributed by atoms with Gasteiger partial charge in [-0.2, -0.15) is 0 Å². The first-order valence-electron chi connectivity index (χ1n) is 2.85. The predicted molar refractivity (Wildman–Crippen MR) is 47.2 cm³/mol. The molecule has 0 atom stereocenters. The summed E-state index contributed by atoms with van der Waals surface area (Å²) in [4.78, 5) is 14.5. The van der Waals surface area contributed by atoms with E-state index in [9.17, 15) is 4.79 Å². The van der Waals surface area contributed by atoms with Crippen molar-refractivity contribution in [2.45, 2.75) is 0 Å². The van der Waals surface area contributed by atoms with Crippen LogP contribution in [0.15, 0.2) is 18.3 Å². The quantitative estimate of drug-likeness (QED) is 0.520. The van der Waals surface area contributed by atoms with E-state index in [2.05, 4.69) is 17.2 Å². The van der Waals surface area contributed by atoms with Gasteiger partial charge in [-0.25, -0.2) is 0 Å². The van der Waals surface area contributed by atoms with Crippen LogP contribution in [0.5, 0.6) is 0 Å². The molecule has 0 aliphatic rings. The summed E-state index contributed by atoms with van der Waals surface area (Å²) in [6.45, 7) is 0. The molecule has 1 aromatic heterocycles. The molecule has 1 aromatic rings. The Morgan fingerprint density at radius 2 is 2.45 bits per heavy atom. The molecule has 4 heteroatoms. The van der Waals surface area contributed by atoms with E-state index in [0.717, 1.165) is 0 Å². The number of halogens is 1. The lowest BCUT2D eigenvalue weighted by Gasteiger charge is -1.95. The van der Waals surface area contributed by atoms with E-state index in [1.54, 1.807) is 18.3 Å². The van der Waals surface area contributed by atoms with Crippen LogP contribution in [0.3, 0.4) is 0 Å². The third-order valence-corrected chi connectivity index (χ3v) is 1.59. The second kappa shape index (κ2) is 3.55. The number of carbonyl (C=O) groups excluding carboxylic acids is 1. The third kappa shape index (κ3) is 1.82. The standard InChI is InChI=1S/C7H4ClNOS/c8-7(10)5-2-1-3-9-6(5)4-11/h1-4H. The van der Waals surface area contributed by atoms with Gasteiger partial charge in [0.1, 0.15) is 0 Å². The highest BCUT2D eigenvalue weighted by atomic mass is 35.5. The smallest absolute Gasteiger partial charge is 0.254 e. The molecule has 0 radical (unpaired) electrons. The van der Waals surface area contributed by atoms with Gasteiger partial charge in [-0.05, 0) is 23.7 Å². The summed E-state index contributed by atoms with van der Waals surface area (Å²) in [7, 11) is 0. The van der Waals surface area contributed by atoms with E-state index in [-0.39, 0.29) is 0 Å². The molecule has 11 heavy (non-hydrogen) atoms. The average molecular weight is 186 g/mol.